The second-order valence-corrected chi connectivity index (χ2v) is 6.38. The summed E-state index contributed by atoms with van der Waals surface area (Å²) < 4.78 is 6.59. The van der Waals surface area contributed by atoms with Crippen molar-refractivity contribution in [3.63, 3.8) is 0 Å². The normalized spacial score (nSPS) is 22.1. The molecule has 1 saturated heterocycles. The van der Waals surface area contributed by atoms with E-state index in [0.717, 1.165) is 10.2 Å². The van der Waals surface area contributed by atoms with Crippen molar-refractivity contribution >= 4 is 21.8 Å². The molecule has 0 spiro atoms. The van der Waals surface area contributed by atoms with E-state index in [9.17, 15) is 9.90 Å². The number of amides is 1. The predicted molar refractivity (Wildman–Crippen MR) is 80.7 cm³/mol. The van der Waals surface area contributed by atoms with E-state index in [2.05, 4.69) is 15.9 Å². The molecule has 1 unspecified atom stereocenters. The summed E-state index contributed by atoms with van der Waals surface area (Å²) in [5.74, 6) is 0.909. The number of rotatable bonds is 5. The van der Waals surface area contributed by atoms with Gasteiger partial charge >= 0.3 is 0 Å². The van der Waals surface area contributed by atoms with Crippen LogP contribution in [0.25, 0.3) is 0 Å². The predicted octanol–water partition coefficient (Wildman–Crippen LogP) is 2.59. The number of halogens is 1. The molecule has 20 heavy (non-hydrogen) atoms. The molecule has 4 nitrogen and oxygen atoms in total. The highest BCUT2D eigenvalue weighted by Crippen LogP contribution is 2.21. The molecule has 1 heterocycles. The smallest absolute Gasteiger partial charge is 0.222 e. The fourth-order valence-electron chi connectivity index (χ4n) is 2.26. The molecule has 1 aliphatic heterocycles. The first kappa shape index (κ1) is 15.3. The van der Waals surface area contributed by atoms with Gasteiger partial charge in [0.1, 0.15) is 5.75 Å². The highest BCUT2D eigenvalue weighted by Gasteiger charge is 2.33. The zero-order chi connectivity index (χ0) is 14.6. The minimum Gasteiger partial charge on any atom is -0.494 e. The number of carbonyl (C=O) groups excluding carboxylic acids is 1. The molecule has 0 bridgehead atoms. The summed E-state index contributed by atoms with van der Waals surface area (Å²) in [6.45, 7) is 3.40. The van der Waals surface area contributed by atoms with Crippen molar-refractivity contribution in [3.05, 3.63) is 28.7 Å². The van der Waals surface area contributed by atoms with Gasteiger partial charge in [-0.2, -0.15) is 0 Å². The summed E-state index contributed by atoms with van der Waals surface area (Å²) >= 11 is 3.37. The first-order chi connectivity index (χ1) is 9.46. The fourth-order valence-corrected chi connectivity index (χ4v) is 2.52. The van der Waals surface area contributed by atoms with E-state index in [4.69, 9.17) is 4.74 Å². The zero-order valence-corrected chi connectivity index (χ0v) is 13.2. The van der Waals surface area contributed by atoms with Gasteiger partial charge in [0.05, 0.1) is 12.2 Å². The van der Waals surface area contributed by atoms with E-state index in [1.54, 1.807) is 11.8 Å². The van der Waals surface area contributed by atoms with E-state index in [1.807, 2.05) is 24.3 Å². The molecule has 0 radical (unpaired) electrons. The SMILES string of the molecule is CC1(O)CCN(C(=O)CCCOc2ccc(Br)cc2)C1. The standard InChI is InChI=1S/C15H20BrNO3/c1-15(19)8-9-17(11-15)14(18)3-2-10-20-13-6-4-12(16)5-7-13/h4-7,19H,2-3,8-11H2,1H3. The monoisotopic (exact) mass is 341 g/mol. The second-order valence-electron chi connectivity index (χ2n) is 5.47. The van der Waals surface area contributed by atoms with Crippen molar-refractivity contribution in [1.29, 1.82) is 0 Å². The Morgan fingerprint density at radius 1 is 1.45 bits per heavy atom. The Kier molecular flexibility index (Phi) is 5.05. The third-order valence-corrected chi connectivity index (χ3v) is 3.95. The lowest BCUT2D eigenvalue weighted by molar-refractivity contribution is -0.131. The number of aliphatic hydroxyl groups is 1. The Morgan fingerprint density at radius 2 is 2.15 bits per heavy atom. The Morgan fingerprint density at radius 3 is 2.75 bits per heavy atom. The highest BCUT2D eigenvalue weighted by atomic mass is 79.9. The largest absolute Gasteiger partial charge is 0.494 e. The zero-order valence-electron chi connectivity index (χ0n) is 11.6. The summed E-state index contributed by atoms with van der Waals surface area (Å²) in [6.07, 6.45) is 1.81. The van der Waals surface area contributed by atoms with Gasteiger partial charge in [0.25, 0.3) is 0 Å². The van der Waals surface area contributed by atoms with Crippen molar-refractivity contribution in [3.8, 4) is 5.75 Å². The van der Waals surface area contributed by atoms with Gasteiger partial charge in [-0.15, -0.1) is 0 Å². The summed E-state index contributed by atoms with van der Waals surface area (Å²) in [5.41, 5.74) is -0.719. The van der Waals surface area contributed by atoms with Crippen LogP contribution < -0.4 is 4.74 Å². The van der Waals surface area contributed by atoms with Gasteiger partial charge < -0.3 is 14.7 Å². The van der Waals surface area contributed by atoms with Crippen molar-refractivity contribution < 1.29 is 14.6 Å². The molecule has 1 N–H and O–H groups in total. The number of nitrogens with zero attached hydrogens (tertiary/aromatic N) is 1. The van der Waals surface area contributed by atoms with Crippen molar-refractivity contribution in [2.75, 3.05) is 19.7 Å². The lowest BCUT2D eigenvalue weighted by Crippen LogP contribution is -2.33. The average Bonchev–Trinajstić information content (AvgIpc) is 2.77. The topological polar surface area (TPSA) is 49.8 Å². The Balaban J connectivity index is 1.66. The quantitative estimate of drug-likeness (QED) is 0.837. The Labute approximate surface area is 127 Å². The molecule has 0 saturated carbocycles. The van der Waals surface area contributed by atoms with Gasteiger partial charge in [-0.05, 0) is 44.0 Å². The van der Waals surface area contributed by atoms with Crippen LogP contribution in [0.4, 0.5) is 0 Å². The number of carbonyl (C=O) groups is 1. The molecule has 1 aromatic rings. The number of likely N-dealkylation sites (tertiary alicyclic amines) is 1. The summed E-state index contributed by atoms with van der Waals surface area (Å²) in [4.78, 5) is 13.7. The Bertz CT molecular complexity index is 459. The van der Waals surface area contributed by atoms with Crippen LogP contribution in [0.15, 0.2) is 28.7 Å². The second kappa shape index (κ2) is 6.59. The van der Waals surface area contributed by atoms with Gasteiger partial charge in [-0.25, -0.2) is 0 Å². The van der Waals surface area contributed by atoms with Crippen LogP contribution in [-0.4, -0.2) is 41.2 Å². The molecular formula is C15H20BrNO3. The van der Waals surface area contributed by atoms with Crippen LogP contribution >= 0.6 is 15.9 Å². The number of benzene rings is 1. The van der Waals surface area contributed by atoms with Crippen LogP contribution in [0.1, 0.15) is 26.2 Å². The molecule has 1 amide bonds. The van der Waals surface area contributed by atoms with E-state index >= 15 is 0 Å². The molecule has 110 valence electrons. The van der Waals surface area contributed by atoms with Gasteiger partial charge in [0, 0.05) is 24.0 Å². The first-order valence-electron chi connectivity index (χ1n) is 6.85. The summed E-state index contributed by atoms with van der Waals surface area (Å²) in [7, 11) is 0. The maximum atomic E-state index is 11.9. The molecule has 1 aromatic carbocycles. The Hall–Kier alpha value is -1.07. The van der Waals surface area contributed by atoms with Gasteiger partial charge in [0.2, 0.25) is 5.91 Å². The lowest BCUT2D eigenvalue weighted by atomic mass is 10.1. The lowest BCUT2D eigenvalue weighted by Gasteiger charge is -2.19. The van der Waals surface area contributed by atoms with Gasteiger partial charge in [-0.3, -0.25) is 4.79 Å². The molecule has 0 aromatic heterocycles. The third kappa shape index (κ3) is 4.49. The number of hydrogen-bond donors (Lipinski definition) is 1. The molecular weight excluding hydrogens is 322 g/mol. The van der Waals surface area contributed by atoms with Crippen molar-refractivity contribution in [1.82, 2.24) is 4.90 Å². The van der Waals surface area contributed by atoms with E-state index in [-0.39, 0.29) is 5.91 Å². The van der Waals surface area contributed by atoms with Crippen LogP contribution in [-0.2, 0) is 4.79 Å². The van der Waals surface area contributed by atoms with Crippen LogP contribution in [0.3, 0.4) is 0 Å². The number of ether oxygens (including phenoxy) is 1. The maximum Gasteiger partial charge on any atom is 0.222 e. The minimum absolute atomic E-state index is 0.0992. The summed E-state index contributed by atoms with van der Waals surface area (Å²) in [5, 5.41) is 9.83. The van der Waals surface area contributed by atoms with Crippen LogP contribution in [0, 0.1) is 0 Å². The molecule has 1 atom stereocenters. The van der Waals surface area contributed by atoms with Crippen molar-refractivity contribution in [2.24, 2.45) is 0 Å². The minimum atomic E-state index is -0.719. The van der Waals surface area contributed by atoms with Crippen LogP contribution in [0.5, 0.6) is 5.75 Å². The molecule has 1 fully saturated rings. The highest BCUT2D eigenvalue weighted by molar-refractivity contribution is 9.10. The van der Waals surface area contributed by atoms with E-state index in [0.29, 0.717) is 39.0 Å². The van der Waals surface area contributed by atoms with Crippen LogP contribution in [0.2, 0.25) is 0 Å². The first-order valence-corrected chi connectivity index (χ1v) is 7.64. The molecule has 5 heteroatoms. The average molecular weight is 342 g/mol. The number of hydrogen-bond acceptors (Lipinski definition) is 3. The van der Waals surface area contributed by atoms with E-state index < -0.39 is 5.60 Å². The molecule has 0 aliphatic carbocycles. The van der Waals surface area contributed by atoms with Gasteiger partial charge in [0.15, 0.2) is 0 Å². The van der Waals surface area contributed by atoms with Crippen molar-refractivity contribution in [2.45, 2.75) is 31.8 Å². The van der Waals surface area contributed by atoms with Gasteiger partial charge in [-0.1, -0.05) is 15.9 Å². The third-order valence-electron chi connectivity index (χ3n) is 3.42. The number of β-amino-alcohol motifs (C(OH)–C–C–N with tert-alkyl or cyclic N) is 1. The fraction of sp³-hybridized carbons (Fsp3) is 0.533. The molecule has 2 rings (SSSR count). The van der Waals surface area contributed by atoms with E-state index in [1.165, 1.54) is 0 Å². The maximum absolute atomic E-state index is 11.9. The molecule has 1 aliphatic rings. The summed E-state index contributed by atoms with van der Waals surface area (Å²) in [6, 6.07) is 7.63.